The molecule has 0 bridgehead atoms. The second-order valence-electron chi connectivity index (χ2n) is 6.97. The predicted octanol–water partition coefficient (Wildman–Crippen LogP) is 5.28. The Balaban J connectivity index is 1.86. The van der Waals surface area contributed by atoms with Crippen molar-refractivity contribution in [3.05, 3.63) is 64.2 Å². The van der Waals surface area contributed by atoms with Crippen molar-refractivity contribution < 1.29 is 19.1 Å². The summed E-state index contributed by atoms with van der Waals surface area (Å²) in [6.45, 7) is 5.27. The van der Waals surface area contributed by atoms with E-state index in [2.05, 4.69) is 25.1 Å². The van der Waals surface area contributed by atoms with E-state index in [-0.39, 0.29) is 8.81 Å². The number of aliphatic hydroxyl groups is 1. The zero-order valence-corrected chi connectivity index (χ0v) is 18.2. The first-order valence-electron chi connectivity index (χ1n) is 9.80. The van der Waals surface area contributed by atoms with Crippen LogP contribution < -0.4 is 4.74 Å². The van der Waals surface area contributed by atoms with Gasteiger partial charge in [-0.2, -0.15) is 0 Å². The minimum Gasteiger partial charge on any atom is -0.494 e. The van der Waals surface area contributed by atoms with Gasteiger partial charge >= 0.3 is 0 Å². The van der Waals surface area contributed by atoms with Crippen LogP contribution in [0.5, 0.6) is 5.75 Å². The first-order valence-corrected chi connectivity index (χ1v) is 11.3. The van der Waals surface area contributed by atoms with Crippen LogP contribution in [0.15, 0.2) is 42.5 Å². The molecule has 1 saturated heterocycles. The van der Waals surface area contributed by atoms with Gasteiger partial charge in [-0.3, -0.25) is 0 Å². The van der Waals surface area contributed by atoms with Gasteiger partial charge in [0, 0.05) is 32.0 Å². The largest absolute Gasteiger partial charge is 0.494 e. The van der Waals surface area contributed by atoms with Crippen LogP contribution in [-0.2, 0) is 21.5 Å². The molecule has 152 valence electrons. The lowest BCUT2D eigenvalue weighted by atomic mass is 9.95. The van der Waals surface area contributed by atoms with Crippen LogP contribution in [-0.4, -0.2) is 30.6 Å². The molecule has 0 aliphatic carbocycles. The fourth-order valence-corrected chi connectivity index (χ4v) is 4.43. The summed E-state index contributed by atoms with van der Waals surface area (Å²) in [5.74, 6) is -0.0341. The van der Waals surface area contributed by atoms with Crippen LogP contribution in [0.25, 0.3) is 0 Å². The van der Waals surface area contributed by atoms with Crippen LogP contribution >= 0.6 is 20.4 Å². The highest BCUT2D eigenvalue weighted by Gasteiger charge is 2.40. The quantitative estimate of drug-likeness (QED) is 0.588. The van der Waals surface area contributed by atoms with Crippen LogP contribution in [0.2, 0.25) is 5.02 Å². The average molecular weight is 423 g/mol. The van der Waals surface area contributed by atoms with E-state index >= 15 is 0 Å². The van der Waals surface area contributed by atoms with Gasteiger partial charge in [-0.05, 0) is 55.2 Å². The lowest BCUT2D eigenvalue weighted by Gasteiger charge is -2.39. The molecular formula is C22H28ClO4P. The number of halogens is 1. The van der Waals surface area contributed by atoms with Crippen LogP contribution in [0, 0.1) is 0 Å². The van der Waals surface area contributed by atoms with Gasteiger partial charge in [-0.25, -0.2) is 0 Å². The summed E-state index contributed by atoms with van der Waals surface area (Å²) >= 11 is 6.49. The number of aliphatic hydroxyl groups excluding tert-OH is 1. The van der Waals surface area contributed by atoms with E-state index in [0.29, 0.717) is 37.2 Å². The highest BCUT2D eigenvalue weighted by molar-refractivity contribution is 7.32. The van der Waals surface area contributed by atoms with E-state index in [4.69, 9.17) is 25.6 Å². The van der Waals surface area contributed by atoms with Gasteiger partial charge in [-0.1, -0.05) is 36.7 Å². The van der Waals surface area contributed by atoms with E-state index in [1.165, 1.54) is 0 Å². The maximum atomic E-state index is 10.2. The second kappa shape index (κ2) is 10.0. The molecule has 0 radical (unpaired) electrons. The van der Waals surface area contributed by atoms with E-state index < -0.39 is 11.9 Å². The third-order valence-corrected chi connectivity index (χ3v) is 6.19. The van der Waals surface area contributed by atoms with E-state index in [0.717, 1.165) is 28.9 Å². The third-order valence-electron chi connectivity index (χ3n) is 4.71. The first kappa shape index (κ1) is 21.5. The van der Waals surface area contributed by atoms with Gasteiger partial charge < -0.3 is 19.1 Å². The standard InChI is InChI=1S/C22H28ClO4P/c1-3-11-26-22(14-19(24)15-28-27-22)18-7-10-21(23)17(13-18)12-16-5-8-20(9-6-16)25-4-2/h5-10,13,19,24,28H,3-4,11-12,14-15H2,1-2H3/t19?,22-/m1/s1. The highest BCUT2D eigenvalue weighted by Crippen LogP contribution is 2.44. The van der Waals surface area contributed by atoms with Gasteiger partial charge in [0.1, 0.15) is 5.75 Å². The Labute approximate surface area is 174 Å². The number of hydrogen-bond donors (Lipinski definition) is 1. The summed E-state index contributed by atoms with van der Waals surface area (Å²) in [6.07, 6.45) is 2.26. The molecular weight excluding hydrogens is 395 g/mol. The predicted molar refractivity (Wildman–Crippen MR) is 115 cm³/mol. The molecule has 3 rings (SSSR count). The smallest absolute Gasteiger partial charge is 0.200 e. The molecule has 0 aromatic heterocycles. The molecule has 1 aliphatic rings. The first-order chi connectivity index (χ1) is 13.6. The minimum absolute atomic E-state index is 0.214. The number of benzene rings is 2. The summed E-state index contributed by atoms with van der Waals surface area (Å²) in [4.78, 5) is 0. The second-order valence-corrected chi connectivity index (χ2v) is 8.28. The zero-order valence-electron chi connectivity index (χ0n) is 16.4. The Morgan fingerprint density at radius 3 is 2.68 bits per heavy atom. The molecule has 4 nitrogen and oxygen atoms in total. The maximum Gasteiger partial charge on any atom is 0.200 e. The number of hydrogen-bond acceptors (Lipinski definition) is 4. The zero-order chi connectivity index (χ0) is 20.0. The lowest BCUT2D eigenvalue weighted by Crippen LogP contribution is -2.39. The highest BCUT2D eigenvalue weighted by atomic mass is 35.5. The molecule has 28 heavy (non-hydrogen) atoms. The topological polar surface area (TPSA) is 47.9 Å². The maximum absolute atomic E-state index is 10.2. The van der Waals surface area contributed by atoms with Crippen LogP contribution in [0.3, 0.4) is 0 Å². The Kier molecular flexibility index (Phi) is 7.73. The lowest BCUT2D eigenvalue weighted by molar-refractivity contribution is -0.209. The average Bonchev–Trinajstić information content (AvgIpc) is 2.70. The molecule has 1 N–H and O–H groups in total. The van der Waals surface area contributed by atoms with Crippen molar-refractivity contribution in [1.29, 1.82) is 0 Å². The van der Waals surface area contributed by atoms with Crippen molar-refractivity contribution in [3.8, 4) is 5.75 Å². The summed E-state index contributed by atoms with van der Waals surface area (Å²) in [6, 6.07) is 14.0. The van der Waals surface area contributed by atoms with Gasteiger partial charge in [-0.15, -0.1) is 0 Å². The Hall–Kier alpha value is -1.16. The van der Waals surface area contributed by atoms with E-state index in [9.17, 15) is 5.11 Å². The van der Waals surface area contributed by atoms with Crippen molar-refractivity contribution in [1.82, 2.24) is 0 Å². The van der Waals surface area contributed by atoms with Gasteiger partial charge in [0.2, 0.25) is 0 Å². The van der Waals surface area contributed by atoms with Crippen molar-refractivity contribution in [3.63, 3.8) is 0 Å². The molecule has 0 amide bonds. The molecule has 0 saturated carbocycles. The normalized spacial score (nSPS) is 23.1. The molecule has 2 aromatic carbocycles. The van der Waals surface area contributed by atoms with E-state index in [1.54, 1.807) is 0 Å². The molecule has 2 unspecified atom stereocenters. The third kappa shape index (κ3) is 5.25. The fraction of sp³-hybridized carbons (Fsp3) is 0.455. The van der Waals surface area contributed by atoms with Crippen molar-refractivity contribution in [2.75, 3.05) is 19.4 Å². The Morgan fingerprint density at radius 1 is 1.21 bits per heavy atom. The monoisotopic (exact) mass is 422 g/mol. The van der Waals surface area contributed by atoms with Crippen molar-refractivity contribution in [2.45, 2.75) is 45.0 Å². The van der Waals surface area contributed by atoms with Gasteiger partial charge in [0.25, 0.3) is 0 Å². The summed E-state index contributed by atoms with van der Waals surface area (Å²) in [7, 11) is 0.214. The van der Waals surface area contributed by atoms with Crippen LogP contribution in [0.1, 0.15) is 43.4 Å². The van der Waals surface area contributed by atoms with Crippen molar-refractivity contribution >= 4 is 20.4 Å². The fourth-order valence-electron chi connectivity index (χ4n) is 3.33. The molecule has 3 atom stereocenters. The van der Waals surface area contributed by atoms with E-state index in [1.807, 2.05) is 31.2 Å². The SMILES string of the molecule is CCCO[C@]1(c2ccc(Cl)c(Cc3ccc(OCC)cc3)c2)CC(O)CPO1. The molecule has 1 heterocycles. The Bertz CT molecular complexity index is 768. The number of ether oxygens (including phenoxy) is 2. The van der Waals surface area contributed by atoms with Crippen molar-refractivity contribution in [2.24, 2.45) is 0 Å². The molecule has 6 heteroatoms. The summed E-state index contributed by atoms with van der Waals surface area (Å²) < 4.78 is 17.7. The Morgan fingerprint density at radius 2 is 2.00 bits per heavy atom. The van der Waals surface area contributed by atoms with Crippen LogP contribution in [0.4, 0.5) is 0 Å². The molecule has 1 aliphatic heterocycles. The van der Waals surface area contributed by atoms with Gasteiger partial charge in [0.05, 0.1) is 19.3 Å². The summed E-state index contributed by atoms with van der Waals surface area (Å²) in [5.41, 5.74) is 3.07. The molecule has 2 aromatic rings. The summed E-state index contributed by atoms with van der Waals surface area (Å²) in [5, 5.41) is 11.0. The molecule has 0 spiro atoms. The molecule has 1 fully saturated rings. The minimum atomic E-state index is -0.899. The number of rotatable bonds is 8. The van der Waals surface area contributed by atoms with Gasteiger partial charge in [0.15, 0.2) is 5.79 Å².